The molecule has 0 saturated heterocycles. The molecule has 0 amide bonds. The average molecular weight is 282 g/mol. The quantitative estimate of drug-likeness (QED) is 0.904. The molecule has 0 atom stereocenters. The van der Waals surface area contributed by atoms with E-state index < -0.39 is 0 Å². The van der Waals surface area contributed by atoms with Gasteiger partial charge in [0.2, 0.25) is 0 Å². The number of hydrogen-bond acceptors (Lipinski definition) is 4. The number of benzene rings is 1. The van der Waals surface area contributed by atoms with Crippen LogP contribution in [0.25, 0.3) is 0 Å². The zero-order valence-corrected chi connectivity index (χ0v) is 12.7. The fourth-order valence-corrected chi connectivity index (χ4v) is 2.81. The molecule has 3 rings (SSSR count). The van der Waals surface area contributed by atoms with Crippen LogP contribution in [-0.2, 0) is 13.0 Å². The maximum absolute atomic E-state index is 4.43. The third-order valence-corrected chi connectivity index (χ3v) is 3.84. The van der Waals surface area contributed by atoms with Crippen molar-refractivity contribution in [2.45, 2.75) is 19.4 Å². The van der Waals surface area contributed by atoms with Crippen LogP contribution in [-0.4, -0.2) is 25.6 Å². The van der Waals surface area contributed by atoms with Gasteiger partial charge in [-0.05, 0) is 36.1 Å². The summed E-state index contributed by atoms with van der Waals surface area (Å²) in [6, 6.07) is 10.6. The predicted molar refractivity (Wildman–Crippen MR) is 89.1 cm³/mol. The molecule has 2 N–H and O–H groups in total. The molecule has 4 nitrogen and oxygen atoms in total. The monoisotopic (exact) mass is 282 g/mol. The number of nitrogens with one attached hydrogen (secondary N) is 2. The van der Waals surface area contributed by atoms with Crippen molar-refractivity contribution in [1.29, 1.82) is 0 Å². The number of aryl methyl sites for hydroxylation is 1. The first kappa shape index (κ1) is 13.7. The fourth-order valence-electron chi connectivity index (χ4n) is 2.81. The Morgan fingerprint density at radius 1 is 1.24 bits per heavy atom. The largest absolute Gasteiger partial charge is 0.385 e. The van der Waals surface area contributed by atoms with E-state index in [-0.39, 0.29) is 0 Å². The highest BCUT2D eigenvalue weighted by molar-refractivity contribution is 5.66. The second-order valence-electron chi connectivity index (χ2n) is 5.60. The summed E-state index contributed by atoms with van der Waals surface area (Å²) in [5, 5.41) is 7.06. The number of fused-ring (bicyclic) bond motifs is 1. The van der Waals surface area contributed by atoms with Crippen molar-refractivity contribution in [2.24, 2.45) is 0 Å². The summed E-state index contributed by atoms with van der Waals surface area (Å²) >= 11 is 0. The van der Waals surface area contributed by atoms with Crippen LogP contribution in [0.2, 0.25) is 0 Å². The zero-order chi connectivity index (χ0) is 14.7. The Kier molecular flexibility index (Phi) is 3.95. The first-order chi connectivity index (χ1) is 10.3. The lowest BCUT2D eigenvalue weighted by Crippen LogP contribution is -2.16. The van der Waals surface area contributed by atoms with Gasteiger partial charge in [-0.1, -0.05) is 18.2 Å². The lowest BCUT2D eigenvalue weighted by atomic mass is 9.99. The van der Waals surface area contributed by atoms with E-state index in [1.54, 1.807) is 0 Å². The van der Waals surface area contributed by atoms with Gasteiger partial charge in [-0.15, -0.1) is 0 Å². The highest BCUT2D eigenvalue weighted by atomic mass is 15.2. The maximum atomic E-state index is 4.43. The Bertz CT molecular complexity index is 622. The summed E-state index contributed by atoms with van der Waals surface area (Å²) in [7, 11) is 4.03. The smallest absolute Gasteiger partial charge is 0.151 e. The molecule has 0 unspecified atom stereocenters. The Morgan fingerprint density at radius 2 is 2.14 bits per heavy atom. The normalized spacial score (nSPS) is 13.2. The van der Waals surface area contributed by atoms with E-state index in [2.05, 4.69) is 39.9 Å². The second kappa shape index (κ2) is 6.04. The van der Waals surface area contributed by atoms with Gasteiger partial charge >= 0.3 is 0 Å². The Hall–Kier alpha value is -2.23. The second-order valence-corrected chi connectivity index (χ2v) is 5.60. The molecule has 1 aliphatic rings. The van der Waals surface area contributed by atoms with E-state index in [1.165, 1.54) is 29.7 Å². The van der Waals surface area contributed by atoms with Crippen LogP contribution in [0.15, 0.2) is 36.5 Å². The zero-order valence-electron chi connectivity index (χ0n) is 12.7. The number of hydrogen-bond donors (Lipinski definition) is 2. The molecule has 1 aromatic carbocycles. The van der Waals surface area contributed by atoms with Crippen LogP contribution in [0.1, 0.15) is 17.5 Å². The molecule has 21 heavy (non-hydrogen) atoms. The molecular weight excluding hydrogens is 260 g/mol. The lowest BCUT2D eigenvalue weighted by molar-refractivity contribution is 0.825. The summed E-state index contributed by atoms with van der Waals surface area (Å²) in [6.45, 7) is 1.88. The van der Waals surface area contributed by atoms with Gasteiger partial charge in [-0.2, -0.15) is 0 Å². The standard InChI is InChI=1S/C17H22N4/c1-21(2)17-15(9-5-11-19-17)20-12-14-7-3-6-13-8-4-10-18-16(13)14/h3,5-7,9,11,18,20H,4,8,10,12H2,1-2H3. The van der Waals surface area contributed by atoms with E-state index in [0.29, 0.717) is 0 Å². The van der Waals surface area contributed by atoms with E-state index in [9.17, 15) is 0 Å². The number of para-hydroxylation sites is 1. The Morgan fingerprint density at radius 3 is 3.00 bits per heavy atom. The van der Waals surface area contributed by atoms with Crippen molar-refractivity contribution < 1.29 is 0 Å². The van der Waals surface area contributed by atoms with Crippen LogP contribution in [0, 0.1) is 0 Å². The number of pyridine rings is 1. The number of nitrogens with zero attached hydrogens (tertiary/aromatic N) is 2. The van der Waals surface area contributed by atoms with Gasteiger partial charge in [0, 0.05) is 39.1 Å². The number of rotatable bonds is 4. The van der Waals surface area contributed by atoms with E-state index >= 15 is 0 Å². The number of anilines is 3. The summed E-state index contributed by atoms with van der Waals surface area (Å²) in [5.41, 5.74) is 5.13. The lowest BCUT2D eigenvalue weighted by Gasteiger charge is -2.22. The third kappa shape index (κ3) is 2.94. The minimum atomic E-state index is 0.808. The van der Waals surface area contributed by atoms with Crippen LogP contribution in [0.3, 0.4) is 0 Å². The molecular formula is C17H22N4. The third-order valence-electron chi connectivity index (χ3n) is 3.84. The van der Waals surface area contributed by atoms with Crippen molar-refractivity contribution in [1.82, 2.24) is 4.98 Å². The van der Waals surface area contributed by atoms with Crippen LogP contribution >= 0.6 is 0 Å². The fraction of sp³-hybridized carbons (Fsp3) is 0.353. The summed E-state index contributed by atoms with van der Waals surface area (Å²) < 4.78 is 0. The highest BCUT2D eigenvalue weighted by Gasteiger charge is 2.12. The van der Waals surface area contributed by atoms with Gasteiger partial charge in [0.1, 0.15) is 0 Å². The predicted octanol–water partition coefficient (Wildman–Crippen LogP) is 3.12. The molecule has 0 fully saturated rings. The Balaban J connectivity index is 1.80. The Labute approximate surface area is 126 Å². The summed E-state index contributed by atoms with van der Waals surface area (Å²) in [4.78, 5) is 6.45. The molecule has 2 heterocycles. The van der Waals surface area contributed by atoms with E-state index in [4.69, 9.17) is 0 Å². The maximum Gasteiger partial charge on any atom is 0.151 e. The van der Waals surface area contributed by atoms with Crippen molar-refractivity contribution in [3.05, 3.63) is 47.7 Å². The molecule has 0 saturated carbocycles. The van der Waals surface area contributed by atoms with Gasteiger partial charge in [0.25, 0.3) is 0 Å². The molecule has 0 aliphatic carbocycles. The molecule has 1 aliphatic heterocycles. The minimum Gasteiger partial charge on any atom is -0.385 e. The van der Waals surface area contributed by atoms with Gasteiger partial charge < -0.3 is 15.5 Å². The molecule has 1 aromatic heterocycles. The highest BCUT2D eigenvalue weighted by Crippen LogP contribution is 2.28. The first-order valence-corrected chi connectivity index (χ1v) is 7.46. The SMILES string of the molecule is CN(C)c1ncccc1NCc1cccc2c1NCCC2. The number of aromatic nitrogens is 1. The molecule has 0 bridgehead atoms. The molecule has 2 aromatic rings. The van der Waals surface area contributed by atoms with Gasteiger partial charge in [-0.25, -0.2) is 4.98 Å². The molecule has 0 spiro atoms. The molecule has 4 heteroatoms. The van der Waals surface area contributed by atoms with E-state index in [1.807, 2.05) is 31.3 Å². The molecule has 110 valence electrons. The summed E-state index contributed by atoms with van der Waals surface area (Å²) in [6.07, 6.45) is 4.22. The average Bonchev–Trinajstić information content (AvgIpc) is 2.53. The van der Waals surface area contributed by atoms with Crippen LogP contribution in [0.5, 0.6) is 0 Å². The van der Waals surface area contributed by atoms with Crippen LogP contribution < -0.4 is 15.5 Å². The van der Waals surface area contributed by atoms with Gasteiger partial charge in [0.15, 0.2) is 5.82 Å². The van der Waals surface area contributed by atoms with Gasteiger partial charge in [-0.3, -0.25) is 0 Å². The van der Waals surface area contributed by atoms with Crippen molar-refractivity contribution >= 4 is 17.2 Å². The van der Waals surface area contributed by atoms with E-state index in [0.717, 1.165) is 24.6 Å². The van der Waals surface area contributed by atoms with Crippen molar-refractivity contribution in [3.63, 3.8) is 0 Å². The first-order valence-electron chi connectivity index (χ1n) is 7.46. The van der Waals surface area contributed by atoms with Crippen molar-refractivity contribution in [3.8, 4) is 0 Å². The summed E-state index contributed by atoms with van der Waals surface area (Å²) in [5.74, 6) is 0.968. The minimum absolute atomic E-state index is 0.808. The molecule has 0 radical (unpaired) electrons. The van der Waals surface area contributed by atoms with Gasteiger partial charge in [0.05, 0.1) is 5.69 Å². The van der Waals surface area contributed by atoms with Crippen LogP contribution in [0.4, 0.5) is 17.2 Å². The van der Waals surface area contributed by atoms with Crippen molar-refractivity contribution in [2.75, 3.05) is 36.2 Å². The topological polar surface area (TPSA) is 40.2 Å².